The van der Waals surface area contributed by atoms with Gasteiger partial charge in [0.05, 0.1) is 4.90 Å². The van der Waals surface area contributed by atoms with E-state index >= 15 is 0 Å². The number of methoxy groups -OCH3 is 1. The predicted octanol–water partition coefficient (Wildman–Crippen LogP) is 0.983. The summed E-state index contributed by atoms with van der Waals surface area (Å²) in [7, 11) is -1.86. The van der Waals surface area contributed by atoms with Crippen molar-refractivity contribution in [3.8, 4) is 0 Å². The highest BCUT2D eigenvalue weighted by atomic mass is 32.2. The zero-order valence-corrected chi connectivity index (χ0v) is 10.8. The van der Waals surface area contributed by atoms with Crippen LogP contribution in [-0.2, 0) is 19.4 Å². The van der Waals surface area contributed by atoms with Crippen LogP contribution in [0.4, 0.5) is 5.69 Å². The van der Waals surface area contributed by atoms with Gasteiger partial charge < -0.3 is 10.1 Å². The molecule has 0 aliphatic carbocycles. The molecule has 6 heteroatoms. The topological polar surface area (TPSA) is 72.5 Å². The molecule has 0 fully saturated rings. The summed E-state index contributed by atoms with van der Waals surface area (Å²) in [4.78, 5) is 11.5. The number of ether oxygens (including phenoxy) is 1. The molecule has 1 amide bonds. The number of nitrogens with one attached hydrogen (secondary N) is 1. The number of carbonyl (C=O) groups excluding carboxylic acids is 1. The van der Waals surface area contributed by atoms with Gasteiger partial charge in [0.15, 0.2) is 9.84 Å². The van der Waals surface area contributed by atoms with Crippen molar-refractivity contribution < 1.29 is 17.9 Å². The highest BCUT2D eigenvalue weighted by Gasteiger charge is 2.11. The molecule has 1 aromatic carbocycles. The lowest BCUT2D eigenvalue weighted by atomic mass is 10.2. The quantitative estimate of drug-likeness (QED) is 0.872. The van der Waals surface area contributed by atoms with Crippen molar-refractivity contribution in [3.63, 3.8) is 0 Å². The van der Waals surface area contributed by atoms with E-state index in [0.717, 1.165) is 11.8 Å². The van der Waals surface area contributed by atoms with Crippen LogP contribution < -0.4 is 5.32 Å². The van der Waals surface area contributed by atoms with Crippen molar-refractivity contribution in [1.29, 1.82) is 0 Å². The third-order valence-corrected chi connectivity index (χ3v) is 3.30. The van der Waals surface area contributed by atoms with Crippen LogP contribution in [0.15, 0.2) is 23.1 Å². The maximum Gasteiger partial charge on any atom is 0.250 e. The highest BCUT2D eigenvalue weighted by Crippen LogP contribution is 2.20. The third-order valence-electron chi connectivity index (χ3n) is 2.19. The molecule has 0 aliphatic heterocycles. The number of sulfone groups is 1. The van der Waals surface area contributed by atoms with Gasteiger partial charge in [-0.05, 0) is 24.6 Å². The summed E-state index contributed by atoms with van der Waals surface area (Å²) in [5, 5.41) is 2.60. The van der Waals surface area contributed by atoms with Gasteiger partial charge in [0.25, 0.3) is 0 Å². The molecular weight excluding hydrogens is 242 g/mol. The first kappa shape index (κ1) is 13.7. The third kappa shape index (κ3) is 3.83. The number of carbonyl (C=O) groups is 1. The summed E-state index contributed by atoms with van der Waals surface area (Å²) in [6.45, 7) is 1.72. The lowest BCUT2D eigenvalue weighted by Gasteiger charge is -2.09. The number of hydrogen-bond acceptors (Lipinski definition) is 4. The van der Waals surface area contributed by atoms with Gasteiger partial charge in [0, 0.05) is 19.1 Å². The van der Waals surface area contributed by atoms with Crippen molar-refractivity contribution in [2.45, 2.75) is 11.8 Å². The van der Waals surface area contributed by atoms with E-state index in [1.807, 2.05) is 0 Å². The molecular formula is C11H15NO4S. The van der Waals surface area contributed by atoms with E-state index in [0.29, 0.717) is 5.69 Å². The van der Waals surface area contributed by atoms with Gasteiger partial charge in [0.2, 0.25) is 5.91 Å². The molecule has 0 unspecified atom stereocenters. The molecule has 94 valence electrons. The Labute approximate surface area is 101 Å². The minimum absolute atomic E-state index is 0.0669. The normalized spacial score (nSPS) is 11.2. The average Bonchev–Trinajstić information content (AvgIpc) is 2.20. The molecule has 0 aromatic heterocycles. The Morgan fingerprint density at radius 3 is 2.59 bits per heavy atom. The van der Waals surface area contributed by atoms with Gasteiger partial charge in [-0.15, -0.1) is 0 Å². The van der Waals surface area contributed by atoms with Gasteiger partial charge in [-0.3, -0.25) is 4.79 Å². The van der Waals surface area contributed by atoms with Gasteiger partial charge in [-0.25, -0.2) is 8.42 Å². The molecule has 0 radical (unpaired) electrons. The van der Waals surface area contributed by atoms with E-state index in [4.69, 9.17) is 0 Å². The van der Waals surface area contributed by atoms with Crippen LogP contribution in [0.25, 0.3) is 0 Å². The summed E-state index contributed by atoms with van der Waals surface area (Å²) in [6.07, 6.45) is 1.12. The molecule has 0 heterocycles. The zero-order chi connectivity index (χ0) is 13.1. The molecule has 1 N–H and O–H groups in total. The Hall–Kier alpha value is -1.40. The Morgan fingerprint density at radius 1 is 1.41 bits per heavy atom. The Morgan fingerprint density at radius 2 is 2.06 bits per heavy atom. The molecule has 0 bridgehead atoms. The van der Waals surface area contributed by atoms with Crippen molar-refractivity contribution >= 4 is 21.4 Å². The molecule has 5 nitrogen and oxygen atoms in total. The van der Waals surface area contributed by atoms with Crippen LogP contribution in [0.2, 0.25) is 0 Å². The van der Waals surface area contributed by atoms with E-state index in [1.54, 1.807) is 13.0 Å². The summed E-state index contributed by atoms with van der Waals surface area (Å²) in [5.41, 5.74) is 1.27. The van der Waals surface area contributed by atoms with Crippen LogP contribution in [0.3, 0.4) is 0 Å². The van der Waals surface area contributed by atoms with Crippen molar-refractivity contribution in [3.05, 3.63) is 23.8 Å². The Balaban J connectivity index is 3.03. The van der Waals surface area contributed by atoms with Crippen molar-refractivity contribution in [2.24, 2.45) is 0 Å². The van der Waals surface area contributed by atoms with Crippen molar-refractivity contribution in [1.82, 2.24) is 0 Å². The van der Waals surface area contributed by atoms with Crippen LogP contribution in [0, 0.1) is 6.92 Å². The predicted molar refractivity (Wildman–Crippen MR) is 64.8 cm³/mol. The maximum atomic E-state index is 11.4. The molecule has 0 aliphatic rings. The lowest BCUT2D eigenvalue weighted by molar-refractivity contribution is -0.119. The van der Waals surface area contributed by atoms with Crippen LogP contribution in [-0.4, -0.2) is 34.3 Å². The average molecular weight is 257 g/mol. The van der Waals surface area contributed by atoms with Gasteiger partial charge in [-0.2, -0.15) is 0 Å². The van der Waals surface area contributed by atoms with Crippen LogP contribution in [0.1, 0.15) is 5.56 Å². The largest absolute Gasteiger partial charge is 0.375 e. The maximum absolute atomic E-state index is 11.4. The molecule has 0 saturated heterocycles. The van der Waals surface area contributed by atoms with E-state index in [1.165, 1.54) is 19.2 Å². The minimum atomic E-state index is -3.27. The summed E-state index contributed by atoms with van der Waals surface area (Å²) < 4.78 is 27.4. The minimum Gasteiger partial charge on any atom is -0.375 e. The summed E-state index contributed by atoms with van der Waals surface area (Å²) in [5.74, 6) is -0.318. The van der Waals surface area contributed by atoms with Gasteiger partial charge in [0.1, 0.15) is 6.61 Å². The smallest absolute Gasteiger partial charge is 0.250 e. The number of hydrogen-bond donors (Lipinski definition) is 1. The molecule has 1 rings (SSSR count). The monoisotopic (exact) mass is 257 g/mol. The number of anilines is 1. The SMILES string of the molecule is COCC(=O)Nc1cc(S(C)(=O)=O)ccc1C. The first-order valence-electron chi connectivity index (χ1n) is 4.94. The standard InChI is InChI=1S/C11H15NO4S/c1-8-4-5-9(17(3,14)15)6-10(8)12-11(13)7-16-2/h4-6H,7H2,1-3H3,(H,12,13). The second-order valence-corrected chi connectivity index (χ2v) is 5.75. The summed E-state index contributed by atoms with van der Waals surface area (Å²) >= 11 is 0. The Bertz CT molecular complexity index is 522. The second-order valence-electron chi connectivity index (χ2n) is 3.73. The van der Waals surface area contributed by atoms with E-state index < -0.39 is 9.84 Å². The zero-order valence-electron chi connectivity index (χ0n) is 9.98. The summed E-state index contributed by atoms with van der Waals surface area (Å²) in [6, 6.07) is 4.60. The molecule has 0 saturated carbocycles. The number of benzene rings is 1. The van der Waals surface area contributed by atoms with E-state index in [2.05, 4.69) is 10.1 Å². The van der Waals surface area contributed by atoms with Crippen molar-refractivity contribution in [2.75, 3.05) is 25.3 Å². The number of amides is 1. The van der Waals surface area contributed by atoms with Crippen LogP contribution in [0.5, 0.6) is 0 Å². The second kappa shape index (κ2) is 5.29. The number of rotatable bonds is 4. The fourth-order valence-corrected chi connectivity index (χ4v) is 1.93. The lowest BCUT2D eigenvalue weighted by Crippen LogP contribution is -2.18. The fourth-order valence-electron chi connectivity index (χ4n) is 1.28. The van der Waals surface area contributed by atoms with Gasteiger partial charge in [-0.1, -0.05) is 6.07 Å². The molecule has 17 heavy (non-hydrogen) atoms. The highest BCUT2D eigenvalue weighted by molar-refractivity contribution is 7.90. The fraction of sp³-hybridized carbons (Fsp3) is 0.364. The van der Waals surface area contributed by atoms with Crippen LogP contribution >= 0.6 is 0 Å². The molecule has 0 spiro atoms. The Kier molecular flexibility index (Phi) is 4.25. The van der Waals surface area contributed by atoms with E-state index in [9.17, 15) is 13.2 Å². The van der Waals surface area contributed by atoms with Gasteiger partial charge >= 0.3 is 0 Å². The first-order valence-corrected chi connectivity index (χ1v) is 6.83. The first-order chi connectivity index (χ1) is 7.84. The molecule has 1 aromatic rings. The number of aryl methyl sites for hydroxylation is 1. The van der Waals surface area contributed by atoms with E-state index in [-0.39, 0.29) is 17.4 Å². The molecule has 0 atom stereocenters.